The van der Waals surface area contributed by atoms with Crippen molar-refractivity contribution in [2.45, 2.75) is 13.0 Å². The third-order valence-corrected chi connectivity index (χ3v) is 5.18. The predicted octanol–water partition coefficient (Wildman–Crippen LogP) is 3.75. The van der Waals surface area contributed by atoms with Crippen molar-refractivity contribution < 1.29 is 23.5 Å². The molecule has 0 spiro atoms. The lowest BCUT2D eigenvalue weighted by Crippen LogP contribution is -2.22. The molecule has 0 aliphatic rings. The zero-order valence-corrected chi connectivity index (χ0v) is 16.3. The van der Waals surface area contributed by atoms with Crippen LogP contribution in [0.3, 0.4) is 0 Å². The van der Waals surface area contributed by atoms with Crippen molar-refractivity contribution >= 4 is 45.1 Å². The second-order valence-electron chi connectivity index (χ2n) is 6.40. The van der Waals surface area contributed by atoms with Crippen LogP contribution < -0.4 is 4.74 Å². The lowest BCUT2D eigenvalue weighted by atomic mass is 10.1. The number of hydrogen-bond donors (Lipinski definition) is 0. The minimum Gasteiger partial charge on any atom is -0.464 e. The van der Waals surface area contributed by atoms with Crippen molar-refractivity contribution in [1.82, 2.24) is 14.9 Å². The Morgan fingerprint density at radius 2 is 2.24 bits per heavy atom. The van der Waals surface area contributed by atoms with Gasteiger partial charge in [0.2, 0.25) is 0 Å². The maximum Gasteiger partial charge on any atom is 0.314 e. The van der Waals surface area contributed by atoms with Crippen molar-refractivity contribution in [3.63, 3.8) is 0 Å². The number of ether oxygens (including phenoxy) is 2. The van der Waals surface area contributed by atoms with E-state index in [4.69, 9.17) is 9.15 Å². The van der Waals surface area contributed by atoms with Crippen molar-refractivity contribution in [3.8, 4) is 10.9 Å². The molecule has 0 unspecified atom stereocenters. The van der Waals surface area contributed by atoms with E-state index in [9.17, 15) is 9.59 Å². The van der Waals surface area contributed by atoms with E-state index in [0.717, 1.165) is 15.6 Å². The summed E-state index contributed by atoms with van der Waals surface area (Å²) in [6.07, 6.45) is 3.53. The third-order valence-electron chi connectivity index (χ3n) is 4.30. The first kappa shape index (κ1) is 19.0. The molecular weight excluding hydrogens is 394 g/mol. The van der Waals surface area contributed by atoms with E-state index < -0.39 is 5.97 Å². The van der Waals surface area contributed by atoms with Crippen LogP contribution in [0.4, 0.5) is 0 Å². The van der Waals surface area contributed by atoms with Crippen LogP contribution in [0.1, 0.15) is 12.0 Å². The summed E-state index contributed by atoms with van der Waals surface area (Å²) in [4.78, 5) is 32.0. The van der Waals surface area contributed by atoms with Gasteiger partial charge < -0.3 is 18.8 Å². The van der Waals surface area contributed by atoms with Gasteiger partial charge in [0, 0.05) is 36.3 Å². The molecule has 1 aromatic carbocycles. The summed E-state index contributed by atoms with van der Waals surface area (Å²) in [7, 11) is 1.88. The average molecular weight is 411 g/mol. The zero-order valence-electron chi connectivity index (χ0n) is 15.5. The smallest absolute Gasteiger partial charge is 0.314 e. The second-order valence-corrected chi connectivity index (χ2v) is 7.39. The van der Waals surface area contributed by atoms with Gasteiger partial charge in [-0.05, 0) is 31.3 Å². The Kier molecular flexibility index (Phi) is 5.50. The first-order valence-corrected chi connectivity index (χ1v) is 9.65. The Labute approximate surface area is 169 Å². The Morgan fingerprint density at radius 1 is 1.34 bits per heavy atom. The molecule has 0 aliphatic carbocycles. The van der Waals surface area contributed by atoms with Crippen LogP contribution in [0.5, 0.6) is 10.9 Å². The molecule has 0 saturated carbocycles. The molecule has 0 N–H and O–H groups in total. The van der Waals surface area contributed by atoms with E-state index in [1.807, 2.05) is 42.3 Å². The lowest BCUT2D eigenvalue weighted by Gasteiger charge is -2.14. The van der Waals surface area contributed by atoms with E-state index >= 15 is 0 Å². The second kappa shape index (κ2) is 8.38. The van der Waals surface area contributed by atoms with Gasteiger partial charge in [0.15, 0.2) is 5.65 Å². The molecule has 4 rings (SSSR count). The van der Waals surface area contributed by atoms with Gasteiger partial charge in [0.25, 0.3) is 5.19 Å². The largest absolute Gasteiger partial charge is 0.464 e. The molecule has 0 fully saturated rings. The fourth-order valence-electron chi connectivity index (χ4n) is 2.91. The van der Waals surface area contributed by atoms with Crippen molar-refractivity contribution in [1.29, 1.82) is 0 Å². The van der Waals surface area contributed by atoms with Crippen LogP contribution in [-0.2, 0) is 20.9 Å². The number of rotatable bonds is 8. The maximum atomic E-state index is 11.3. The Bertz CT molecular complexity index is 1140. The van der Waals surface area contributed by atoms with Gasteiger partial charge in [0.1, 0.15) is 11.3 Å². The van der Waals surface area contributed by atoms with Crippen LogP contribution >= 0.6 is 11.3 Å². The SMILES string of the molecule is CN(CCC(=O)OC=O)Cc1coc2cc(Oc3nc4ncccc4s3)ccc12. The highest BCUT2D eigenvalue weighted by atomic mass is 32.1. The molecule has 9 heteroatoms. The number of esters is 1. The summed E-state index contributed by atoms with van der Waals surface area (Å²) in [5, 5.41) is 1.48. The summed E-state index contributed by atoms with van der Waals surface area (Å²) < 4.78 is 16.8. The topological polar surface area (TPSA) is 94.8 Å². The molecule has 0 amide bonds. The molecule has 148 valence electrons. The molecule has 0 saturated heterocycles. The van der Waals surface area contributed by atoms with Crippen molar-refractivity contribution in [3.05, 3.63) is 48.4 Å². The van der Waals surface area contributed by atoms with Crippen molar-refractivity contribution in [2.75, 3.05) is 13.6 Å². The Hall–Kier alpha value is -3.30. The predicted molar refractivity (Wildman–Crippen MR) is 107 cm³/mol. The number of benzene rings is 1. The highest BCUT2D eigenvalue weighted by molar-refractivity contribution is 7.20. The monoisotopic (exact) mass is 411 g/mol. The number of thiazole rings is 1. The standard InChI is InChI=1S/C20H17N3O5S/c1-23(8-6-18(25)27-12-24)10-13-11-26-16-9-14(4-5-15(13)16)28-20-22-19-17(29-20)3-2-7-21-19/h2-5,7,9,11-12H,6,8,10H2,1H3. The molecule has 0 radical (unpaired) electrons. The molecule has 29 heavy (non-hydrogen) atoms. The number of furan rings is 1. The van der Waals surface area contributed by atoms with E-state index in [2.05, 4.69) is 14.7 Å². The fraction of sp³-hybridized carbons (Fsp3) is 0.200. The summed E-state index contributed by atoms with van der Waals surface area (Å²) in [5.41, 5.74) is 2.35. The Morgan fingerprint density at radius 3 is 3.07 bits per heavy atom. The Balaban J connectivity index is 1.44. The van der Waals surface area contributed by atoms with Crippen LogP contribution in [-0.4, -0.2) is 40.9 Å². The summed E-state index contributed by atoms with van der Waals surface area (Å²) in [5.74, 6) is 0.0816. The van der Waals surface area contributed by atoms with Crippen molar-refractivity contribution in [2.24, 2.45) is 0 Å². The fourth-order valence-corrected chi connectivity index (χ4v) is 3.70. The number of pyridine rings is 1. The van der Waals surface area contributed by atoms with Crippen LogP contribution in [0, 0.1) is 0 Å². The average Bonchev–Trinajstić information content (AvgIpc) is 3.30. The normalized spacial score (nSPS) is 11.2. The quantitative estimate of drug-likeness (QED) is 0.246. The van der Waals surface area contributed by atoms with E-state index in [-0.39, 0.29) is 12.9 Å². The number of fused-ring (bicyclic) bond motifs is 2. The number of carbonyl (C=O) groups is 2. The van der Waals surface area contributed by atoms with Crippen LogP contribution in [0.2, 0.25) is 0 Å². The summed E-state index contributed by atoms with van der Waals surface area (Å²) >= 11 is 1.43. The number of carbonyl (C=O) groups excluding carboxylic acids is 2. The summed E-state index contributed by atoms with van der Waals surface area (Å²) in [6, 6.07) is 9.43. The number of hydrogen-bond acceptors (Lipinski definition) is 9. The van der Waals surface area contributed by atoms with E-state index in [1.165, 1.54) is 11.3 Å². The molecule has 0 aliphatic heterocycles. The van der Waals surface area contributed by atoms with Gasteiger partial charge in [-0.1, -0.05) is 11.3 Å². The first-order valence-electron chi connectivity index (χ1n) is 8.83. The third kappa shape index (κ3) is 4.41. The summed E-state index contributed by atoms with van der Waals surface area (Å²) in [6.45, 7) is 1.20. The molecule has 0 bridgehead atoms. The lowest BCUT2D eigenvalue weighted by molar-refractivity contribution is -0.151. The molecule has 0 atom stereocenters. The van der Waals surface area contributed by atoms with Crippen LogP contribution in [0.25, 0.3) is 21.3 Å². The zero-order chi connectivity index (χ0) is 20.2. The van der Waals surface area contributed by atoms with Gasteiger partial charge in [-0.25, -0.2) is 4.98 Å². The molecular formula is C20H17N3O5S. The van der Waals surface area contributed by atoms with Gasteiger partial charge in [-0.2, -0.15) is 4.98 Å². The van der Waals surface area contributed by atoms with E-state index in [0.29, 0.717) is 35.3 Å². The van der Waals surface area contributed by atoms with Gasteiger partial charge >= 0.3 is 12.4 Å². The highest BCUT2D eigenvalue weighted by Crippen LogP contribution is 2.32. The molecule has 4 aromatic rings. The molecule has 3 aromatic heterocycles. The minimum atomic E-state index is -0.546. The van der Waals surface area contributed by atoms with Gasteiger partial charge in [-0.3, -0.25) is 9.59 Å². The van der Waals surface area contributed by atoms with Gasteiger partial charge in [0.05, 0.1) is 17.4 Å². The minimum absolute atomic E-state index is 0.139. The van der Waals surface area contributed by atoms with Crippen LogP contribution in [0.15, 0.2) is 47.2 Å². The number of nitrogens with zero attached hydrogens (tertiary/aromatic N) is 3. The molecule has 8 nitrogen and oxygen atoms in total. The highest BCUT2D eigenvalue weighted by Gasteiger charge is 2.13. The van der Waals surface area contributed by atoms with E-state index in [1.54, 1.807) is 12.5 Å². The molecule has 3 heterocycles. The maximum absolute atomic E-state index is 11.3. The van der Waals surface area contributed by atoms with Gasteiger partial charge in [-0.15, -0.1) is 0 Å². The first-order chi connectivity index (χ1) is 14.1. The number of aromatic nitrogens is 2.